The predicted octanol–water partition coefficient (Wildman–Crippen LogP) is 11.3. The van der Waals surface area contributed by atoms with E-state index in [-0.39, 0.29) is 0 Å². The Hall–Kier alpha value is -2.66. The monoisotopic (exact) mass is 526 g/mol. The normalized spacial score (nSPS) is 11.6. The highest BCUT2D eigenvalue weighted by molar-refractivity contribution is 5.87. The molecule has 0 saturated heterocycles. The summed E-state index contributed by atoms with van der Waals surface area (Å²) in [6.07, 6.45) is 20.0. The Balaban J connectivity index is 2.64. The van der Waals surface area contributed by atoms with E-state index in [1.54, 1.807) is 0 Å². The summed E-state index contributed by atoms with van der Waals surface area (Å²) in [7, 11) is 0. The highest BCUT2D eigenvalue weighted by atomic mass is 14.8. The molecule has 0 saturated carbocycles. The second-order valence-electron chi connectivity index (χ2n) is 11.1. The van der Waals surface area contributed by atoms with Gasteiger partial charge in [-0.25, -0.2) is 0 Å². The fraction of sp³-hybridized carbons (Fsp3) is 0.568. The van der Waals surface area contributed by atoms with E-state index in [4.69, 9.17) is 0 Å². The molecule has 0 unspecified atom stereocenters. The fourth-order valence-corrected chi connectivity index (χ4v) is 5.39. The molecule has 2 aromatic rings. The van der Waals surface area contributed by atoms with Crippen LogP contribution in [0.3, 0.4) is 0 Å². The molecule has 0 fully saturated rings. The summed E-state index contributed by atoms with van der Waals surface area (Å²) in [5.41, 5.74) is 18.7. The third-order valence-electron chi connectivity index (χ3n) is 7.76. The van der Waals surface area contributed by atoms with Crippen molar-refractivity contribution in [1.29, 1.82) is 0 Å². The molecule has 0 N–H and O–H groups in total. The molecule has 0 aliphatic rings. The van der Waals surface area contributed by atoms with Gasteiger partial charge in [-0.1, -0.05) is 134 Å². The Morgan fingerprint density at radius 1 is 0.615 bits per heavy atom. The number of rotatable bonds is 20. The lowest BCUT2D eigenvalue weighted by Gasteiger charge is -2.19. The Morgan fingerprint density at radius 2 is 1.21 bits per heavy atom. The van der Waals surface area contributed by atoms with Crippen LogP contribution in [0, 0.1) is 0 Å². The van der Waals surface area contributed by atoms with Crippen molar-refractivity contribution in [2.45, 2.75) is 137 Å². The van der Waals surface area contributed by atoms with Crippen LogP contribution in [0.5, 0.6) is 0 Å². The predicted molar refractivity (Wildman–Crippen MR) is 170 cm³/mol. The van der Waals surface area contributed by atoms with Gasteiger partial charge in [0.2, 0.25) is 0 Å². The van der Waals surface area contributed by atoms with Crippen LogP contribution in [0.25, 0.3) is 11.1 Å². The van der Waals surface area contributed by atoms with Gasteiger partial charge in [0.05, 0.1) is 5.57 Å². The molecule has 0 atom stereocenters. The Kier molecular flexibility index (Phi) is 16.9. The lowest BCUT2D eigenvalue weighted by atomic mass is 9.84. The molecule has 2 heteroatoms. The van der Waals surface area contributed by atoms with Gasteiger partial charge in [-0.15, -0.1) is 4.79 Å². The summed E-state index contributed by atoms with van der Waals surface area (Å²) in [6, 6.07) is 18.4. The van der Waals surface area contributed by atoms with Gasteiger partial charge in [0, 0.05) is 0 Å². The second-order valence-corrected chi connectivity index (χ2v) is 11.1. The van der Waals surface area contributed by atoms with Crippen LogP contribution in [0.15, 0.2) is 59.7 Å². The molecular formula is C37H54N2. The summed E-state index contributed by atoms with van der Waals surface area (Å²) < 4.78 is 0. The molecule has 0 radical (unpaired) electrons. The molecule has 212 valence electrons. The minimum atomic E-state index is 0.899. The number of aryl methyl sites for hydroxylation is 2. The van der Waals surface area contributed by atoms with E-state index in [0.717, 1.165) is 44.1 Å². The van der Waals surface area contributed by atoms with Crippen LogP contribution in [0.4, 0.5) is 0 Å². The van der Waals surface area contributed by atoms with Crippen LogP contribution < -0.4 is 0 Å². The zero-order chi connectivity index (χ0) is 28.1. The fourth-order valence-electron chi connectivity index (χ4n) is 5.39. The van der Waals surface area contributed by atoms with Crippen LogP contribution in [0.1, 0.15) is 146 Å². The highest BCUT2D eigenvalue weighted by Crippen LogP contribution is 2.35. The third kappa shape index (κ3) is 11.9. The van der Waals surface area contributed by atoms with E-state index in [0.29, 0.717) is 0 Å². The summed E-state index contributed by atoms with van der Waals surface area (Å²) in [6.45, 7) is 9.03. The minimum absolute atomic E-state index is 0.899. The van der Waals surface area contributed by atoms with Crippen molar-refractivity contribution in [1.82, 2.24) is 0 Å². The van der Waals surface area contributed by atoms with Gasteiger partial charge >= 0.3 is 5.87 Å². The number of benzene rings is 2. The lowest BCUT2D eigenvalue weighted by Crippen LogP contribution is -2.02. The van der Waals surface area contributed by atoms with E-state index < -0.39 is 0 Å². The standard InChI is InChI=1S/C37H54N2/c1-5-9-13-14-15-17-24-36(35(30-39-38)22-16-10-6-2)37(33-27-25-31(26-28-33)19-11-7-3)34-23-18-21-32(29-34)20-12-8-4/h18,21,23,25-29H,5-17,19-20,22,24H2,1-4H3. The van der Waals surface area contributed by atoms with Gasteiger partial charge in [-0.05, 0) is 84.8 Å². The summed E-state index contributed by atoms with van der Waals surface area (Å²) >= 11 is 0. The molecular weight excluding hydrogens is 472 g/mol. The summed E-state index contributed by atoms with van der Waals surface area (Å²) in [5, 5.41) is 0. The Morgan fingerprint density at radius 3 is 1.87 bits per heavy atom. The number of nitrogens with zero attached hydrogens (tertiary/aromatic N) is 2. The number of hydrogen-bond acceptors (Lipinski definition) is 0. The van der Waals surface area contributed by atoms with Crippen molar-refractivity contribution in [2.75, 3.05) is 0 Å². The van der Waals surface area contributed by atoms with Gasteiger partial charge in [0.25, 0.3) is 0 Å². The molecule has 39 heavy (non-hydrogen) atoms. The lowest BCUT2D eigenvalue weighted by molar-refractivity contribution is 0.00739. The Labute approximate surface area is 240 Å². The molecule has 2 nitrogen and oxygen atoms in total. The summed E-state index contributed by atoms with van der Waals surface area (Å²) in [4.78, 5) is 3.46. The molecule has 2 aromatic carbocycles. The highest BCUT2D eigenvalue weighted by Gasteiger charge is 2.18. The zero-order valence-electron chi connectivity index (χ0n) is 25.5. The number of allylic oxidation sites excluding steroid dienone is 2. The molecule has 0 heterocycles. The van der Waals surface area contributed by atoms with E-state index in [1.807, 2.05) is 0 Å². The van der Waals surface area contributed by atoms with Gasteiger partial charge in [0.1, 0.15) is 0 Å². The molecule has 0 aliphatic carbocycles. The topological polar surface area (TPSA) is 36.4 Å². The van der Waals surface area contributed by atoms with Gasteiger partial charge in [-0.3, -0.25) is 0 Å². The maximum atomic E-state index is 9.66. The molecule has 0 amide bonds. The second kappa shape index (κ2) is 20.3. The molecule has 0 aromatic heterocycles. The average Bonchev–Trinajstić information content (AvgIpc) is 2.96. The number of unbranched alkanes of at least 4 members (excludes halogenated alkanes) is 9. The third-order valence-corrected chi connectivity index (χ3v) is 7.76. The van der Waals surface area contributed by atoms with Crippen molar-refractivity contribution in [3.8, 4) is 0 Å². The van der Waals surface area contributed by atoms with Crippen molar-refractivity contribution >= 4 is 11.4 Å². The first-order chi connectivity index (χ1) is 19.2. The molecule has 0 bridgehead atoms. The van der Waals surface area contributed by atoms with E-state index >= 15 is 0 Å². The molecule has 2 rings (SSSR count). The molecule has 0 spiro atoms. The smallest absolute Gasteiger partial charge is 0.303 e. The largest absolute Gasteiger partial charge is 0.348 e. The van der Waals surface area contributed by atoms with Crippen LogP contribution in [-0.4, -0.2) is 10.7 Å². The van der Waals surface area contributed by atoms with Crippen molar-refractivity contribution in [2.24, 2.45) is 0 Å². The van der Waals surface area contributed by atoms with Crippen LogP contribution >= 0.6 is 0 Å². The maximum Gasteiger partial charge on any atom is 0.303 e. The van der Waals surface area contributed by atoms with Crippen molar-refractivity contribution in [3.05, 3.63) is 87.5 Å². The number of hydrogen-bond donors (Lipinski definition) is 0. The van der Waals surface area contributed by atoms with Crippen molar-refractivity contribution in [3.63, 3.8) is 0 Å². The first kappa shape index (κ1) is 32.6. The van der Waals surface area contributed by atoms with Gasteiger partial charge < -0.3 is 5.53 Å². The van der Waals surface area contributed by atoms with Gasteiger partial charge in [0.15, 0.2) is 0 Å². The SMILES string of the molecule is CCCCCCCCC(C(=C=[N+]=[N-])CCCCC)=C(c1ccc(CCCC)cc1)c1cccc(CCCC)c1. The zero-order valence-corrected chi connectivity index (χ0v) is 25.5. The quantitative estimate of drug-likeness (QED) is 0.0541. The first-order valence-corrected chi connectivity index (χ1v) is 16.1. The van der Waals surface area contributed by atoms with Crippen molar-refractivity contribution < 1.29 is 4.79 Å². The Bertz CT molecular complexity index is 1060. The van der Waals surface area contributed by atoms with E-state index in [9.17, 15) is 5.53 Å². The summed E-state index contributed by atoms with van der Waals surface area (Å²) in [5.74, 6) is 3.05. The van der Waals surface area contributed by atoms with Crippen LogP contribution in [0.2, 0.25) is 0 Å². The maximum absolute atomic E-state index is 9.66. The van der Waals surface area contributed by atoms with Crippen LogP contribution in [-0.2, 0) is 12.8 Å². The van der Waals surface area contributed by atoms with E-state index in [2.05, 4.69) is 86.9 Å². The molecule has 0 aliphatic heterocycles. The average molecular weight is 527 g/mol. The first-order valence-electron chi connectivity index (χ1n) is 16.1. The van der Waals surface area contributed by atoms with E-state index in [1.165, 1.54) is 104 Å². The minimum Gasteiger partial charge on any atom is -0.348 e. The van der Waals surface area contributed by atoms with Gasteiger partial charge in [-0.2, -0.15) is 0 Å².